The number of aromatic carboxylic acids is 1. The van der Waals surface area contributed by atoms with Gasteiger partial charge in [0.25, 0.3) is 0 Å². The molecule has 4 atom stereocenters. The second kappa shape index (κ2) is 10.7. The Balaban J connectivity index is 1.09. The predicted octanol–water partition coefficient (Wildman–Crippen LogP) is 7.42. The normalized spacial score (nSPS) is 28.0. The molecule has 4 heterocycles. The molecule has 42 heavy (non-hydrogen) atoms. The highest BCUT2D eigenvalue weighted by Gasteiger charge is 2.49. The minimum atomic E-state index is -4.26. The number of piperidine rings is 1. The molecule has 0 radical (unpaired) electrons. The third kappa shape index (κ3) is 5.04. The molecule has 0 spiro atoms. The minimum absolute atomic E-state index is 0.0270. The Morgan fingerprint density at radius 3 is 2.52 bits per heavy atom. The lowest BCUT2D eigenvalue weighted by molar-refractivity contribution is -0.187. The molecular formula is C30H34F3N3O5S. The number of alkyl halides is 3. The lowest BCUT2D eigenvalue weighted by atomic mass is 9.76. The first-order valence-corrected chi connectivity index (χ1v) is 15.7. The van der Waals surface area contributed by atoms with Crippen LogP contribution in [0.3, 0.4) is 0 Å². The maximum absolute atomic E-state index is 14.0. The highest BCUT2D eigenvalue weighted by molar-refractivity contribution is 7.22. The molecule has 4 fully saturated rings. The standard InChI is InChI=1S/C30H34F3N3O5S/c1-39-23-10-16(28(37)38)11-24-26(23)34-29(42-24)36-17-8-9-18(36)13-19(12-17)40-14-21-25(35-41-27(21)15-6-7-15)20-4-2-3-5-22(20)30(31,32)33/h10-11,15,17-20,22H,2-9,12-14H2,1H3,(H,37,38). The molecule has 4 aliphatic rings. The number of benzene rings is 1. The molecular weight excluding hydrogens is 571 g/mol. The molecule has 2 saturated heterocycles. The van der Waals surface area contributed by atoms with Crippen LogP contribution in [0, 0.1) is 5.92 Å². The van der Waals surface area contributed by atoms with Crippen molar-refractivity contribution in [1.82, 2.24) is 10.1 Å². The molecule has 0 amide bonds. The van der Waals surface area contributed by atoms with Gasteiger partial charge in [0.05, 0.1) is 41.7 Å². The number of anilines is 1. The van der Waals surface area contributed by atoms with E-state index in [2.05, 4.69) is 10.1 Å². The molecule has 2 saturated carbocycles. The van der Waals surface area contributed by atoms with Gasteiger partial charge in [0.1, 0.15) is 17.0 Å². The highest BCUT2D eigenvalue weighted by Crippen LogP contribution is 2.50. The first kappa shape index (κ1) is 27.9. The van der Waals surface area contributed by atoms with Crippen LogP contribution in [0.5, 0.6) is 5.75 Å². The van der Waals surface area contributed by atoms with E-state index in [1.165, 1.54) is 24.5 Å². The van der Waals surface area contributed by atoms with Gasteiger partial charge in [-0.05, 0) is 63.5 Å². The van der Waals surface area contributed by atoms with Crippen molar-refractivity contribution in [2.45, 2.75) is 107 Å². The van der Waals surface area contributed by atoms with Gasteiger partial charge in [-0.2, -0.15) is 13.2 Å². The van der Waals surface area contributed by atoms with Gasteiger partial charge in [0.15, 0.2) is 5.13 Å². The summed E-state index contributed by atoms with van der Waals surface area (Å²) in [6, 6.07) is 3.58. The van der Waals surface area contributed by atoms with Crippen LogP contribution in [0.4, 0.5) is 18.3 Å². The summed E-state index contributed by atoms with van der Waals surface area (Å²) in [5.74, 6) is -1.68. The second-order valence-electron chi connectivity index (χ2n) is 12.2. The Labute approximate surface area is 245 Å². The Hall–Kier alpha value is -2.86. The molecule has 8 nitrogen and oxygen atoms in total. The van der Waals surface area contributed by atoms with Crippen molar-refractivity contribution in [2.24, 2.45) is 5.92 Å². The molecule has 4 unspecified atom stereocenters. The number of nitrogens with zero attached hydrogens (tertiary/aromatic N) is 3. The molecule has 2 bridgehead atoms. The lowest BCUT2D eigenvalue weighted by Gasteiger charge is -2.38. The van der Waals surface area contributed by atoms with Gasteiger partial charge < -0.3 is 24.0 Å². The van der Waals surface area contributed by atoms with E-state index in [-0.39, 0.29) is 42.7 Å². The molecule has 3 aromatic rings. The summed E-state index contributed by atoms with van der Waals surface area (Å²) in [4.78, 5) is 18.8. The zero-order valence-corrected chi connectivity index (χ0v) is 24.2. The topological polar surface area (TPSA) is 97.9 Å². The molecule has 2 aliphatic heterocycles. The summed E-state index contributed by atoms with van der Waals surface area (Å²) < 4.78 is 60.3. The number of methoxy groups -OCH3 is 1. The van der Waals surface area contributed by atoms with Crippen molar-refractivity contribution in [3.8, 4) is 5.75 Å². The molecule has 2 aromatic heterocycles. The quantitative estimate of drug-likeness (QED) is 0.283. The number of ether oxygens (including phenoxy) is 2. The lowest BCUT2D eigenvalue weighted by Crippen LogP contribution is -2.45. The summed E-state index contributed by atoms with van der Waals surface area (Å²) in [5.41, 5.74) is 2.04. The van der Waals surface area contributed by atoms with E-state index in [0.29, 0.717) is 29.8 Å². The summed E-state index contributed by atoms with van der Waals surface area (Å²) >= 11 is 1.48. The van der Waals surface area contributed by atoms with Gasteiger partial charge in [-0.3, -0.25) is 0 Å². The number of rotatable bonds is 8. The molecule has 2 aliphatic carbocycles. The second-order valence-corrected chi connectivity index (χ2v) is 13.3. The Bertz CT molecular complexity index is 1470. The summed E-state index contributed by atoms with van der Waals surface area (Å²) in [6.07, 6.45) is 3.19. The maximum atomic E-state index is 14.0. The molecule has 7 rings (SSSR count). The van der Waals surface area contributed by atoms with Crippen LogP contribution in [0.1, 0.15) is 103 Å². The van der Waals surface area contributed by atoms with Gasteiger partial charge in [-0.1, -0.05) is 29.3 Å². The summed E-state index contributed by atoms with van der Waals surface area (Å²) in [7, 11) is 1.51. The first-order chi connectivity index (χ1) is 20.2. The van der Waals surface area contributed by atoms with Crippen molar-refractivity contribution in [3.05, 3.63) is 34.7 Å². The van der Waals surface area contributed by atoms with Crippen molar-refractivity contribution in [3.63, 3.8) is 0 Å². The summed E-state index contributed by atoms with van der Waals surface area (Å²) in [6.45, 7) is 0.228. The molecule has 226 valence electrons. The predicted molar refractivity (Wildman–Crippen MR) is 149 cm³/mol. The number of hydrogen-bond donors (Lipinski definition) is 1. The number of carbonyl (C=O) groups is 1. The van der Waals surface area contributed by atoms with E-state index >= 15 is 0 Å². The highest BCUT2D eigenvalue weighted by atomic mass is 32.1. The fraction of sp³-hybridized carbons (Fsp3) is 0.633. The van der Waals surface area contributed by atoms with Crippen LogP contribution in [0.25, 0.3) is 10.2 Å². The monoisotopic (exact) mass is 605 g/mol. The number of carboxylic acid groups (broad SMARTS) is 1. The molecule has 1 aromatic carbocycles. The number of fused-ring (bicyclic) bond motifs is 3. The fourth-order valence-corrected chi connectivity index (χ4v) is 8.61. The van der Waals surface area contributed by atoms with Crippen molar-refractivity contribution in [1.29, 1.82) is 0 Å². The van der Waals surface area contributed by atoms with E-state index in [9.17, 15) is 23.1 Å². The van der Waals surface area contributed by atoms with Crippen molar-refractivity contribution >= 4 is 32.7 Å². The Morgan fingerprint density at radius 2 is 1.86 bits per heavy atom. The largest absolute Gasteiger partial charge is 0.494 e. The van der Waals surface area contributed by atoms with Crippen molar-refractivity contribution in [2.75, 3.05) is 12.0 Å². The Kier molecular flexibility index (Phi) is 7.11. The number of hydrogen-bond acceptors (Lipinski definition) is 8. The SMILES string of the molecule is COc1cc(C(=O)O)cc2sc(N3C4CCC3CC(OCc3c(C5CCCCC5C(F)(F)F)noc3C3CC3)C4)nc12. The van der Waals surface area contributed by atoms with Gasteiger partial charge >= 0.3 is 12.1 Å². The van der Waals surface area contributed by atoms with E-state index < -0.39 is 24.0 Å². The van der Waals surface area contributed by atoms with Crippen LogP contribution in [0.15, 0.2) is 16.7 Å². The van der Waals surface area contributed by atoms with Gasteiger partial charge in [-0.25, -0.2) is 9.78 Å². The van der Waals surface area contributed by atoms with E-state index in [0.717, 1.165) is 66.1 Å². The average molecular weight is 606 g/mol. The first-order valence-electron chi connectivity index (χ1n) is 14.9. The number of halogens is 3. The van der Waals surface area contributed by atoms with Gasteiger partial charge in [0.2, 0.25) is 0 Å². The van der Waals surface area contributed by atoms with Crippen LogP contribution in [0.2, 0.25) is 0 Å². The smallest absolute Gasteiger partial charge is 0.392 e. The molecule has 1 N–H and O–H groups in total. The van der Waals surface area contributed by atoms with Crippen molar-refractivity contribution < 1.29 is 37.1 Å². The zero-order valence-electron chi connectivity index (χ0n) is 23.4. The van der Waals surface area contributed by atoms with Gasteiger partial charge in [-0.15, -0.1) is 0 Å². The third-order valence-electron chi connectivity index (χ3n) is 9.62. The fourth-order valence-electron chi connectivity index (χ4n) is 7.44. The summed E-state index contributed by atoms with van der Waals surface area (Å²) in [5, 5.41) is 14.6. The van der Waals surface area contributed by atoms with Crippen LogP contribution >= 0.6 is 11.3 Å². The zero-order chi connectivity index (χ0) is 29.2. The van der Waals surface area contributed by atoms with Crippen LogP contribution in [-0.4, -0.2) is 52.7 Å². The number of carboxylic acids is 1. The van der Waals surface area contributed by atoms with Gasteiger partial charge in [0, 0.05) is 29.5 Å². The Morgan fingerprint density at radius 1 is 1.12 bits per heavy atom. The van der Waals surface area contributed by atoms with E-state index in [1.807, 2.05) is 0 Å². The van der Waals surface area contributed by atoms with Crippen LogP contribution in [-0.2, 0) is 11.3 Å². The third-order valence-corrected chi connectivity index (χ3v) is 10.6. The number of aromatic nitrogens is 2. The van der Waals surface area contributed by atoms with E-state index in [1.54, 1.807) is 6.07 Å². The van der Waals surface area contributed by atoms with E-state index in [4.69, 9.17) is 19.0 Å². The van der Waals surface area contributed by atoms with Crippen LogP contribution < -0.4 is 9.64 Å². The molecule has 12 heteroatoms. The number of thiazole rings is 1. The minimum Gasteiger partial charge on any atom is -0.494 e. The maximum Gasteiger partial charge on any atom is 0.392 e. The average Bonchev–Trinajstić information content (AvgIpc) is 3.48.